The van der Waals surface area contributed by atoms with Crippen molar-refractivity contribution in [2.45, 2.75) is 26.1 Å². The quantitative estimate of drug-likeness (QED) is 0.245. The van der Waals surface area contributed by atoms with Crippen LogP contribution in [0, 0.1) is 33.9 Å². The molecule has 9 heteroatoms. The van der Waals surface area contributed by atoms with Gasteiger partial charge in [0.25, 0.3) is 5.91 Å². The number of nitrogens with one attached hydrogen (secondary N) is 2. The second kappa shape index (κ2) is 8.03. The van der Waals surface area contributed by atoms with Crippen LogP contribution in [0.2, 0.25) is 0 Å². The third-order valence-electron chi connectivity index (χ3n) is 4.15. The summed E-state index contributed by atoms with van der Waals surface area (Å²) in [6.45, 7) is 1.75. The highest BCUT2D eigenvalue weighted by Gasteiger charge is 2.32. The molecule has 2 aromatic carbocycles. The van der Waals surface area contributed by atoms with Crippen LogP contribution >= 0.6 is 22.6 Å². The Morgan fingerprint density at radius 2 is 1.96 bits per heavy atom. The SMILES string of the molecule is Cc1cc(I)ccc1Nc1c(C(=O)NOC(O)C2CC2)cc(F)c(F)c1F. The minimum Gasteiger partial charge on any atom is -0.366 e. The Kier molecular flexibility index (Phi) is 5.92. The number of aliphatic hydroxyl groups is 1. The highest BCUT2D eigenvalue weighted by Crippen LogP contribution is 2.33. The van der Waals surface area contributed by atoms with E-state index in [0.29, 0.717) is 11.8 Å². The molecule has 1 saturated carbocycles. The molecule has 27 heavy (non-hydrogen) atoms. The van der Waals surface area contributed by atoms with Gasteiger partial charge in [0.1, 0.15) is 0 Å². The molecule has 0 saturated heterocycles. The van der Waals surface area contributed by atoms with E-state index in [1.165, 1.54) is 0 Å². The summed E-state index contributed by atoms with van der Waals surface area (Å²) in [4.78, 5) is 17.1. The Hall–Kier alpha value is -1.85. The number of hydrogen-bond donors (Lipinski definition) is 3. The van der Waals surface area contributed by atoms with Crippen molar-refractivity contribution in [2.24, 2.45) is 5.92 Å². The molecule has 0 aliphatic heterocycles. The van der Waals surface area contributed by atoms with Gasteiger partial charge < -0.3 is 10.4 Å². The minimum absolute atomic E-state index is 0.0842. The Morgan fingerprint density at radius 3 is 2.59 bits per heavy atom. The first-order valence-corrected chi connectivity index (χ1v) is 9.20. The van der Waals surface area contributed by atoms with Crippen LogP contribution in [-0.4, -0.2) is 17.3 Å². The van der Waals surface area contributed by atoms with Crippen LogP contribution in [0.1, 0.15) is 28.8 Å². The van der Waals surface area contributed by atoms with Gasteiger partial charge in [-0.3, -0.25) is 4.79 Å². The maximum Gasteiger partial charge on any atom is 0.277 e. The molecule has 1 atom stereocenters. The van der Waals surface area contributed by atoms with Crippen molar-refractivity contribution in [3.8, 4) is 0 Å². The largest absolute Gasteiger partial charge is 0.366 e. The van der Waals surface area contributed by atoms with E-state index in [4.69, 9.17) is 4.84 Å². The van der Waals surface area contributed by atoms with Crippen molar-refractivity contribution in [3.05, 3.63) is 56.4 Å². The van der Waals surface area contributed by atoms with Crippen LogP contribution in [0.4, 0.5) is 24.5 Å². The normalized spacial score (nSPS) is 14.7. The molecule has 1 unspecified atom stereocenters. The van der Waals surface area contributed by atoms with Crippen molar-refractivity contribution in [2.75, 3.05) is 5.32 Å². The predicted octanol–water partition coefficient (Wildman–Crippen LogP) is 4.15. The van der Waals surface area contributed by atoms with Gasteiger partial charge in [-0.2, -0.15) is 0 Å². The van der Waals surface area contributed by atoms with Crippen LogP contribution in [0.5, 0.6) is 0 Å². The Labute approximate surface area is 167 Å². The smallest absolute Gasteiger partial charge is 0.277 e. The van der Waals surface area contributed by atoms with Gasteiger partial charge in [-0.15, -0.1) is 0 Å². The maximum atomic E-state index is 14.4. The van der Waals surface area contributed by atoms with Crippen molar-refractivity contribution in [1.82, 2.24) is 5.48 Å². The highest BCUT2D eigenvalue weighted by atomic mass is 127. The highest BCUT2D eigenvalue weighted by molar-refractivity contribution is 14.1. The number of benzene rings is 2. The molecule has 0 bridgehead atoms. The lowest BCUT2D eigenvalue weighted by Crippen LogP contribution is -2.31. The molecule has 1 aliphatic rings. The van der Waals surface area contributed by atoms with E-state index >= 15 is 0 Å². The van der Waals surface area contributed by atoms with Crippen molar-refractivity contribution < 1.29 is 27.9 Å². The molecule has 1 aliphatic carbocycles. The number of amides is 1. The molecule has 1 fully saturated rings. The molecule has 0 heterocycles. The van der Waals surface area contributed by atoms with E-state index in [1.807, 2.05) is 5.48 Å². The van der Waals surface area contributed by atoms with E-state index in [-0.39, 0.29) is 5.92 Å². The number of rotatable bonds is 6. The average molecular weight is 492 g/mol. The summed E-state index contributed by atoms with van der Waals surface area (Å²) >= 11 is 2.10. The summed E-state index contributed by atoms with van der Waals surface area (Å²) in [7, 11) is 0. The molecular weight excluding hydrogens is 476 g/mol. The third-order valence-corrected chi connectivity index (χ3v) is 4.82. The van der Waals surface area contributed by atoms with E-state index < -0.39 is 40.9 Å². The van der Waals surface area contributed by atoms with E-state index in [0.717, 1.165) is 22.0 Å². The Bertz CT molecular complexity index is 891. The minimum atomic E-state index is -1.70. The van der Waals surface area contributed by atoms with Crippen LogP contribution in [-0.2, 0) is 4.84 Å². The molecule has 3 rings (SSSR count). The molecule has 0 spiro atoms. The molecule has 0 aromatic heterocycles. The summed E-state index contributed by atoms with van der Waals surface area (Å²) in [5, 5.41) is 12.3. The zero-order valence-corrected chi connectivity index (χ0v) is 16.3. The second-order valence-electron chi connectivity index (χ2n) is 6.27. The molecule has 3 N–H and O–H groups in total. The fourth-order valence-electron chi connectivity index (χ4n) is 2.44. The topological polar surface area (TPSA) is 70.6 Å². The molecule has 0 radical (unpaired) electrons. The van der Waals surface area contributed by atoms with Gasteiger partial charge in [0.2, 0.25) is 0 Å². The van der Waals surface area contributed by atoms with Crippen LogP contribution < -0.4 is 10.8 Å². The lowest BCUT2D eigenvalue weighted by molar-refractivity contribution is -0.145. The van der Waals surface area contributed by atoms with Gasteiger partial charge in [0.05, 0.1) is 11.3 Å². The van der Waals surface area contributed by atoms with Crippen molar-refractivity contribution >= 4 is 39.9 Å². The van der Waals surface area contributed by atoms with Crippen molar-refractivity contribution in [3.63, 3.8) is 0 Å². The first kappa shape index (κ1) is 19.9. The average Bonchev–Trinajstić information content (AvgIpc) is 3.46. The number of aliphatic hydroxyl groups excluding tert-OH is 1. The number of aryl methyl sites for hydroxylation is 1. The van der Waals surface area contributed by atoms with Crippen molar-refractivity contribution in [1.29, 1.82) is 0 Å². The van der Waals surface area contributed by atoms with Gasteiger partial charge in [-0.1, -0.05) is 0 Å². The lowest BCUT2D eigenvalue weighted by Gasteiger charge is -2.17. The molecule has 144 valence electrons. The van der Waals surface area contributed by atoms with E-state index in [2.05, 4.69) is 27.9 Å². The summed E-state index contributed by atoms with van der Waals surface area (Å²) in [6.07, 6.45) is 0.310. The number of halogens is 4. The Morgan fingerprint density at radius 1 is 1.26 bits per heavy atom. The van der Waals surface area contributed by atoms with Crippen LogP contribution in [0.15, 0.2) is 24.3 Å². The number of carbonyl (C=O) groups excluding carboxylic acids is 1. The lowest BCUT2D eigenvalue weighted by atomic mass is 10.1. The first-order valence-electron chi connectivity index (χ1n) is 8.12. The maximum absolute atomic E-state index is 14.4. The fourth-order valence-corrected chi connectivity index (χ4v) is 3.09. The number of anilines is 2. The summed E-state index contributed by atoms with van der Waals surface area (Å²) in [5.74, 6) is -5.83. The summed E-state index contributed by atoms with van der Waals surface area (Å²) < 4.78 is 42.7. The number of hydrogen-bond acceptors (Lipinski definition) is 4. The van der Waals surface area contributed by atoms with Gasteiger partial charge in [0.15, 0.2) is 23.7 Å². The predicted molar refractivity (Wildman–Crippen MR) is 101 cm³/mol. The summed E-state index contributed by atoms with van der Waals surface area (Å²) in [5.41, 5.74) is 2.08. The second-order valence-corrected chi connectivity index (χ2v) is 7.52. The van der Waals surface area contributed by atoms with Crippen LogP contribution in [0.25, 0.3) is 0 Å². The number of hydroxylamine groups is 1. The Balaban J connectivity index is 1.91. The number of carbonyl (C=O) groups is 1. The molecular formula is C18H16F3IN2O3. The van der Waals surface area contributed by atoms with Crippen LogP contribution in [0.3, 0.4) is 0 Å². The zero-order chi connectivity index (χ0) is 19.7. The fraction of sp³-hybridized carbons (Fsp3) is 0.278. The molecule has 1 amide bonds. The van der Waals surface area contributed by atoms with Gasteiger partial charge >= 0.3 is 0 Å². The molecule has 5 nitrogen and oxygen atoms in total. The third kappa shape index (κ3) is 4.53. The van der Waals surface area contributed by atoms with Gasteiger partial charge in [-0.05, 0) is 72.2 Å². The zero-order valence-electron chi connectivity index (χ0n) is 14.2. The monoisotopic (exact) mass is 492 g/mol. The van der Waals surface area contributed by atoms with E-state index in [1.54, 1.807) is 25.1 Å². The summed E-state index contributed by atoms with van der Waals surface area (Å²) in [6, 6.07) is 5.75. The standard InChI is InChI=1S/C18H16F3IN2O3/c1-8-6-10(22)4-5-13(8)23-16-11(7-12(19)14(20)15(16)21)17(25)24-27-18(26)9-2-3-9/h4-7,9,18,23,26H,2-3H2,1H3,(H,24,25). The van der Waals surface area contributed by atoms with E-state index in [9.17, 15) is 23.1 Å². The van der Waals surface area contributed by atoms with Gasteiger partial charge in [-0.25, -0.2) is 23.5 Å². The van der Waals surface area contributed by atoms with Gasteiger partial charge in [0, 0.05) is 15.2 Å². The first-order chi connectivity index (χ1) is 12.8. The molecule has 2 aromatic rings.